The van der Waals surface area contributed by atoms with Gasteiger partial charge in [-0.05, 0) is 25.4 Å². The van der Waals surface area contributed by atoms with Gasteiger partial charge in [-0.2, -0.15) is 0 Å². The Kier molecular flexibility index (Phi) is 6.97. The summed E-state index contributed by atoms with van der Waals surface area (Å²) >= 11 is 0. The fourth-order valence-electron chi connectivity index (χ4n) is 1.35. The molecule has 0 bridgehead atoms. The van der Waals surface area contributed by atoms with E-state index in [-0.39, 0.29) is 0 Å². The fourth-order valence-corrected chi connectivity index (χ4v) is 2.39. The number of rotatable bonds is 6. The topological polar surface area (TPSA) is 3.24 Å². The Morgan fingerprint density at radius 3 is 2.36 bits per heavy atom. The van der Waals surface area contributed by atoms with Gasteiger partial charge in [-0.15, -0.1) is 0 Å². The van der Waals surface area contributed by atoms with Crippen LogP contribution in [-0.4, -0.2) is 28.1 Å². The van der Waals surface area contributed by atoms with Crippen LogP contribution in [0.2, 0.25) is 0 Å². The van der Waals surface area contributed by atoms with Crippen LogP contribution in [0.25, 0.3) is 0 Å². The van der Waals surface area contributed by atoms with E-state index >= 15 is 0 Å². The molecule has 0 heterocycles. The van der Waals surface area contributed by atoms with E-state index in [2.05, 4.69) is 25.3 Å². The highest BCUT2D eigenvalue weighted by Gasteiger charge is 1.99. The molecule has 0 saturated heterocycles. The molecule has 0 aliphatic heterocycles. The van der Waals surface area contributed by atoms with Crippen LogP contribution >= 0.6 is 0 Å². The molecule has 2 heteroatoms. The largest absolute Gasteiger partial charge is 0.332 e. The first-order valence-corrected chi connectivity index (χ1v) is 5.74. The van der Waals surface area contributed by atoms with Gasteiger partial charge in [0.25, 0.3) is 0 Å². The maximum atomic E-state index is 2.57. The highest BCUT2D eigenvalue weighted by atomic mass is 28.2. The van der Waals surface area contributed by atoms with E-state index in [0.717, 1.165) is 5.92 Å². The molecule has 0 fully saturated rings. The zero-order chi connectivity index (χ0) is 8.69. The second-order valence-electron chi connectivity index (χ2n) is 3.86. The lowest BCUT2D eigenvalue weighted by Gasteiger charge is -2.18. The Morgan fingerprint density at radius 1 is 1.27 bits per heavy atom. The number of hydrogen-bond acceptors (Lipinski definition) is 1. The second-order valence-corrected chi connectivity index (χ2v) is 5.13. The molecule has 0 N–H and O–H groups in total. The third-order valence-electron chi connectivity index (χ3n) is 1.82. The van der Waals surface area contributed by atoms with Crippen molar-refractivity contribution in [1.82, 2.24) is 4.57 Å². The summed E-state index contributed by atoms with van der Waals surface area (Å²) in [7, 11) is 1.24. The first-order chi connectivity index (χ1) is 5.16. The van der Waals surface area contributed by atoms with Crippen molar-refractivity contribution in [2.75, 3.05) is 13.1 Å². The van der Waals surface area contributed by atoms with E-state index in [9.17, 15) is 0 Å². The van der Waals surface area contributed by atoms with Gasteiger partial charge in [-0.3, -0.25) is 0 Å². The lowest BCUT2D eigenvalue weighted by atomic mass is 10.2. The molecular weight excluding hydrogens is 150 g/mol. The lowest BCUT2D eigenvalue weighted by Crippen LogP contribution is -2.25. The molecule has 0 spiro atoms. The third-order valence-corrected chi connectivity index (χ3v) is 2.63. The van der Waals surface area contributed by atoms with Crippen LogP contribution in [0, 0.1) is 5.92 Å². The van der Waals surface area contributed by atoms with Crippen LogP contribution < -0.4 is 0 Å². The molecule has 1 nitrogen and oxygen atoms in total. The molecule has 0 atom stereocenters. The molecule has 0 aliphatic rings. The minimum Gasteiger partial charge on any atom is -0.332 e. The van der Waals surface area contributed by atoms with Gasteiger partial charge in [0.05, 0.1) is 10.4 Å². The summed E-state index contributed by atoms with van der Waals surface area (Å²) in [5, 5.41) is 0. The van der Waals surface area contributed by atoms with Gasteiger partial charge in [-0.1, -0.05) is 33.6 Å². The summed E-state index contributed by atoms with van der Waals surface area (Å²) in [6, 6.07) is 0. The van der Waals surface area contributed by atoms with Crippen molar-refractivity contribution >= 4 is 10.4 Å². The summed E-state index contributed by atoms with van der Waals surface area (Å²) in [5.41, 5.74) is 0. The molecule has 0 unspecified atom stereocenters. The van der Waals surface area contributed by atoms with Crippen molar-refractivity contribution in [3.8, 4) is 0 Å². The molecule has 0 radical (unpaired) electrons. The minimum atomic E-state index is 0.842. The number of unbranched alkanes of at least 4 members (excludes halogenated alkanes) is 2. The molecule has 0 rings (SSSR count). The predicted molar refractivity (Wildman–Crippen MR) is 55.9 cm³/mol. The van der Waals surface area contributed by atoms with Gasteiger partial charge in [0.15, 0.2) is 0 Å². The van der Waals surface area contributed by atoms with E-state index in [0.29, 0.717) is 0 Å². The molecule has 0 aliphatic carbocycles. The van der Waals surface area contributed by atoms with E-state index in [1.165, 1.54) is 42.8 Å². The average Bonchev–Trinajstić information content (AvgIpc) is 1.86. The summed E-state index contributed by atoms with van der Waals surface area (Å²) in [6.07, 6.45) is 4.14. The first kappa shape index (κ1) is 11.2. The van der Waals surface area contributed by atoms with Crippen molar-refractivity contribution in [3.05, 3.63) is 0 Å². The van der Waals surface area contributed by atoms with Gasteiger partial charge in [0.2, 0.25) is 0 Å². The van der Waals surface area contributed by atoms with E-state index in [4.69, 9.17) is 0 Å². The summed E-state index contributed by atoms with van der Waals surface area (Å²) < 4.78 is 2.57. The smallest absolute Gasteiger partial charge is 0.0784 e. The molecular formula is C9H23NSi. The molecule has 11 heavy (non-hydrogen) atoms. The SMILES string of the molecule is CCCCCN([SiH3])CC(C)C. The zero-order valence-electron chi connectivity index (χ0n) is 8.56. The fraction of sp³-hybridized carbons (Fsp3) is 1.00. The van der Waals surface area contributed by atoms with Crippen molar-refractivity contribution in [3.63, 3.8) is 0 Å². The quantitative estimate of drug-likeness (QED) is 0.434. The van der Waals surface area contributed by atoms with E-state index in [1.807, 2.05) is 0 Å². The maximum Gasteiger partial charge on any atom is 0.0784 e. The van der Waals surface area contributed by atoms with Gasteiger partial charge < -0.3 is 4.57 Å². The van der Waals surface area contributed by atoms with Crippen LogP contribution in [0.3, 0.4) is 0 Å². The lowest BCUT2D eigenvalue weighted by molar-refractivity contribution is 0.382. The van der Waals surface area contributed by atoms with Gasteiger partial charge >= 0.3 is 0 Å². The van der Waals surface area contributed by atoms with Gasteiger partial charge in [0.1, 0.15) is 0 Å². The van der Waals surface area contributed by atoms with E-state index < -0.39 is 0 Å². The summed E-state index contributed by atoms with van der Waals surface area (Å²) in [6.45, 7) is 9.49. The first-order valence-electron chi connectivity index (χ1n) is 4.85. The molecule has 68 valence electrons. The maximum absolute atomic E-state index is 2.57. The standard InChI is InChI=1S/C9H23NSi/c1-4-5-6-7-10(11)8-9(2)3/h9H,4-8H2,1-3,11H3. The van der Waals surface area contributed by atoms with Crippen molar-refractivity contribution in [2.24, 2.45) is 5.92 Å². The van der Waals surface area contributed by atoms with Crippen molar-refractivity contribution < 1.29 is 0 Å². The Labute approximate surface area is 74.7 Å². The molecule has 0 aromatic heterocycles. The Morgan fingerprint density at radius 2 is 1.91 bits per heavy atom. The molecule has 0 aromatic rings. The average molecular weight is 173 g/mol. The number of nitrogens with zero attached hydrogens (tertiary/aromatic N) is 1. The minimum absolute atomic E-state index is 0.842. The van der Waals surface area contributed by atoms with Gasteiger partial charge in [0, 0.05) is 0 Å². The van der Waals surface area contributed by atoms with Crippen LogP contribution in [0.4, 0.5) is 0 Å². The Bertz CT molecular complexity index is 83.6. The summed E-state index contributed by atoms with van der Waals surface area (Å²) in [5.74, 6) is 0.842. The van der Waals surface area contributed by atoms with E-state index in [1.54, 1.807) is 0 Å². The zero-order valence-corrected chi connectivity index (χ0v) is 10.6. The van der Waals surface area contributed by atoms with Crippen LogP contribution in [0.5, 0.6) is 0 Å². The number of hydrogen-bond donors (Lipinski definition) is 0. The third kappa shape index (κ3) is 8.08. The van der Waals surface area contributed by atoms with Crippen LogP contribution in [0.15, 0.2) is 0 Å². The molecule has 0 amide bonds. The normalized spacial score (nSPS) is 11.7. The Hall–Kier alpha value is 0.177. The molecule has 0 saturated carbocycles. The Balaban J connectivity index is 3.15. The summed E-state index contributed by atoms with van der Waals surface area (Å²) in [4.78, 5) is 0. The van der Waals surface area contributed by atoms with Gasteiger partial charge in [-0.25, -0.2) is 0 Å². The van der Waals surface area contributed by atoms with Crippen molar-refractivity contribution in [1.29, 1.82) is 0 Å². The van der Waals surface area contributed by atoms with Crippen LogP contribution in [0.1, 0.15) is 40.0 Å². The highest BCUT2D eigenvalue weighted by Crippen LogP contribution is 1.99. The van der Waals surface area contributed by atoms with Crippen molar-refractivity contribution in [2.45, 2.75) is 40.0 Å². The highest BCUT2D eigenvalue weighted by molar-refractivity contribution is 6.04. The van der Waals surface area contributed by atoms with Crippen LogP contribution in [-0.2, 0) is 0 Å². The monoisotopic (exact) mass is 173 g/mol. The predicted octanol–water partition coefficient (Wildman–Crippen LogP) is 1.41. The second kappa shape index (κ2) is 6.86. The molecule has 0 aromatic carbocycles.